The van der Waals surface area contributed by atoms with E-state index in [2.05, 4.69) is 10.1 Å². The molecular weight excluding hydrogens is 308 g/mol. The van der Waals surface area contributed by atoms with Gasteiger partial charge < -0.3 is 0 Å². The largest absolute Gasteiger partial charge is 0.421 e. The van der Waals surface area contributed by atoms with Crippen LogP contribution in [-0.2, 0) is 4.79 Å². The van der Waals surface area contributed by atoms with Crippen LogP contribution in [0, 0.1) is 13.8 Å². The first kappa shape index (κ1) is 16.4. The van der Waals surface area contributed by atoms with Gasteiger partial charge in [0.1, 0.15) is 5.69 Å². The second kappa shape index (κ2) is 5.85. The normalized spacial score (nSPS) is 20.9. The fourth-order valence-corrected chi connectivity index (χ4v) is 3.14. The van der Waals surface area contributed by atoms with Crippen LogP contribution in [0.1, 0.15) is 31.2 Å². The lowest BCUT2D eigenvalue weighted by Crippen LogP contribution is -2.62. The summed E-state index contributed by atoms with van der Waals surface area (Å²) in [6, 6.07) is 1.06. The number of nitrogens with zero attached hydrogens (tertiary/aromatic N) is 6. The highest BCUT2D eigenvalue weighted by Gasteiger charge is 2.51. The maximum absolute atomic E-state index is 12.9. The third kappa shape index (κ3) is 2.33. The summed E-state index contributed by atoms with van der Waals surface area (Å²) in [6.07, 6.45) is 1.72. The van der Waals surface area contributed by atoms with Crippen molar-refractivity contribution < 1.29 is 14.2 Å². The number of carbonyl (C=O) groups is 2. The molecule has 0 radical (unpaired) electrons. The maximum Gasteiger partial charge on any atom is 0.421 e. The van der Waals surface area contributed by atoms with E-state index in [1.54, 1.807) is 16.3 Å². The number of urea groups is 1. The zero-order chi connectivity index (χ0) is 17.6. The molecule has 1 aromatic rings. The smallest absolute Gasteiger partial charge is 0.270 e. The van der Waals surface area contributed by atoms with Crippen LogP contribution in [-0.4, -0.2) is 74.6 Å². The molecule has 0 aromatic carbocycles. The molecular formula is C16H23N6O2+. The molecule has 3 amide bonds. The lowest BCUT2D eigenvalue weighted by Gasteiger charge is -2.33. The lowest BCUT2D eigenvalue weighted by molar-refractivity contribution is -0.507. The average Bonchev–Trinajstić information content (AvgIpc) is 3.04. The van der Waals surface area contributed by atoms with Crippen molar-refractivity contribution in [3.8, 4) is 0 Å². The summed E-state index contributed by atoms with van der Waals surface area (Å²) < 4.78 is 3.50. The number of rotatable bonds is 3. The number of likely N-dealkylation sites (N-methyl/N-ethyl adjacent to an activating group) is 2. The van der Waals surface area contributed by atoms with Gasteiger partial charge in [-0.2, -0.15) is 0 Å². The average molecular weight is 331 g/mol. The maximum atomic E-state index is 12.9. The first-order chi connectivity index (χ1) is 11.4. The van der Waals surface area contributed by atoms with Gasteiger partial charge in [-0.3, -0.25) is 14.6 Å². The number of unbranched alkanes of at least 4 members (excludes halogenated alkanes) is 1. The van der Waals surface area contributed by atoms with Crippen LogP contribution in [0.15, 0.2) is 11.1 Å². The van der Waals surface area contributed by atoms with Gasteiger partial charge in [-0.1, -0.05) is 18.3 Å². The van der Waals surface area contributed by atoms with Gasteiger partial charge in [-0.05, 0) is 26.3 Å². The van der Waals surface area contributed by atoms with Gasteiger partial charge in [0.25, 0.3) is 5.91 Å². The SMILES string of the molecule is CCCCN1C(=O)C2C(=NC(n3nc(C)cc3C)=[N+]2C)N(C)C1=O. The van der Waals surface area contributed by atoms with Crippen molar-refractivity contribution in [1.82, 2.24) is 19.6 Å². The Morgan fingerprint density at radius 2 is 2.00 bits per heavy atom. The second-order valence-corrected chi connectivity index (χ2v) is 6.31. The molecule has 1 aromatic heterocycles. The van der Waals surface area contributed by atoms with E-state index in [0.717, 1.165) is 24.2 Å². The summed E-state index contributed by atoms with van der Waals surface area (Å²) in [5.41, 5.74) is 1.81. The number of carbonyl (C=O) groups excluding carboxylic acids is 2. The first-order valence-electron chi connectivity index (χ1n) is 8.17. The molecule has 1 atom stereocenters. The quantitative estimate of drug-likeness (QED) is 0.770. The van der Waals surface area contributed by atoms with E-state index >= 15 is 0 Å². The predicted octanol–water partition coefficient (Wildman–Crippen LogP) is 0.821. The van der Waals surface area contributed by atoms with E-state index in [4.69, 9.17) is 0 Å². The number of aromatic nitrogens is 2. The molecule has 1 saturated heterocycles. The Morgan fingerprint density at radius 3 is 2.58 bits per heavy atom. The van der Waals surface area contributed by atoms with Crippen LogP contribution >= 0.6 is 0 Å². The van der Waals surface area contributed by atoms with Crippen molar-refractivity contribution in [1.29, 1.82) is 0 Å². The third-order valence-electron chi connectivity index (χ3n) is 4.46. The van der Waals surface area contributed by atoms with Crippen LogP contribution in [0.2, 0.25) is 0 Å². The van der Waals surface area contributed by atoms with E-state index in [0.29, 0.717) is 18.3 Å². The molecule has 1 unspecified atom stereocenters. The van der Waals surface area contributed by atoms with Gasteiger partial charge in [0.15, 0.2) is 0 Å². The first-order valence-corrected chi connectivity index (χ1v) is 8.17. The molecule has 24 heavy (non-hydrogen) atoms. The van der Waals surface area contributed by atoms with Crippen molar-refractivity contribution in [2.75, 3.05) is 20.6 Å². The van der Waals surface area contributed by atoms with Crippen molar-refractivity contribution in [2.45, 2.75) is 39.7 Å². The van der Waals surface area contributed by atoms with E-state index in [1.165, 1.54) is 9.80 Å². The van der Waals surface area contributed by atoms with Gasteiger partial charge in [0, 0.05) is 13.6 Å². The number of amidine groups is 1. The van der Waals surface area contributed by atoms with Crippen LogP contribution < -0.4 is 0 Å². The van der Waals surface area contributed by atoms with Crippen LogP contribution in [0.3, 0.4) is 0 Å². The number of hydrogen-bond acceptors (Lipinski definition) is 4. The number of aliphatic imine (C=N–C) groups is 1. The summed E-state index contributed by atoms with van der Waals surface area (Å²) in [5, 5.41) is 4.44. The van der Waals surface area contributed by atoms with Crippen molar-refractivity contribution in [3.63, 3.8) is 0 Å². The van der Waals surface area contributed by atoms with Crippen LogP contribution in [0.5, 0.6) is 0 Å². The minimum absolute atomic E-state index is 0.218. The molecule has 3 heterocycles. The summed E-state index contributed by atoms with van der Waals surface area (Å²) in [6.45, 7) is 6.32. The van der Waals surface area contributed by atoms with Gasteiger partial charge >= 0.3 is 12.0 Å². The minimum Gasteiger partial charge on any atom is -0.270 e. The van der Waals surface area contributed by atoms with E-state index in [1.807, 2.05) is 33.9 Å². The van der Waals surface area contributed by atoms with Gasteiger partial charge in [0.05, 0.1) is 12.7 Å². The molecule has 0 saturated carbocycles. The van der Waals surface area contributed by atoms with E-state index < -0.39 is 6.04 Å². The summed E-state index contributed by atoms with van der Waals surface area (Å²) in [5.74, 6) is 0.804. The van der Waals surface area contributed by atoms with E-state index in [9.17, 15) is 9.59 Å². The highest BCUT2D eigenvalue weighted by atomic mass is 16.2. The van der Waals surface area contributed by atoms with Crippen LogP contribution in [0.4, 0.5) is 4.79 Å². The minimum atomic E-state index is -0.580. The number of amides is 3. The van der Waals surface area contributed by atoms with Gasteiger partial charge in [-0.25, -0.2) is 9.37 Å². The number of aryl methyl sites for hydroxylation is 2. The topological polar surface area (TPSA) is 73.8 Å². The highest BCUT2D eigenvalue weighted by molar-refractivity contribution is 6.22. The Labute approximate surface area is 141 Å². The monoisotopic (exact) mass is 331 g/mol. The molecule has 8 heteroatoms. The standard InChI is InChI=1S/C16H23N6O2/c1-6-7-8-21-14(23)12-13(20(5)16(21)24)17-15(19(12)4)22-11(3)9-10(2)18-22/h9,12H,6-8H2,1-5H3/q+1. The highest BCUT2D eigenvalue weighted by Crippen LogP contribution is 2.20. The zero-order valence-electron chi connectivity index (χ0n) is 14.8. The fraction of sp³-hybridized carbons (Fsp3) is 0.562. The van der Waals surface area contributed by atoms with Crippen molar-refractivity contribution >= 4 is 23.7 Å². The van der Waals surface area contributed by atoms with Gasteiger partial charge in [-0.15, -0.1) is 9.78 Å². The van der Waals surface area contributed by atoms with Gasteiger partial charge in [0.2, 0.25) is 11.9 Å². The molecule has 1 fully saturated rings. The Kier molecular flexibility index (Phi) is 3.98. The molecule has 0 N–H and O–H groups in total. The van der Waals surface area contributed by atoms with Crippen molar-refractivity contribution in [3.05, 3.63) is 17.5 Å². The lowest BCUT2D eigenvalue weighted by atomic mass is 10.1. The Morgan fingerprint density at radius 1 is 1.29 bits per heavy atom. The Hall–Kier alpha value is -2.51. The van der Waals surface area contributed by atoms with E-state index in [-0.39, 0.29) is 11.9 Å². The molecule has 128 valence electrons. The number of hydrogen-bond donors (Lipinski definition) is 0. The predicted molar refractivity (Wildman–Crippen MR) is 89.3 cm³/mol. The third-order valence-corrected chi connectivity index (χ3v) is 4.46. The molecule has 0 spiro atoms. The number of imide groups is 1. The van der Waals surface area contributed by atoms with Crippen molar-refractivity contribution in [2.24, 2.45) is 4.99 Å². The molecule has 0 bridgehead atoms. The zero-order valence-corrected chi connectivity index (χ0v) is 14.8. The second-order valence-electron chi connectivity index (χ2n) is 6.31. The fourth-order valence-electron chi connectivity index (χ4n) is 3.14. The molecule has 0 aliphatic carbocycles. The molecule has 3 rings (SSSR count). The molecule has 2 aliphatic heterocycles. The summed E-state index contributed by atoms with van der Waals surface area (Å²) in [4.78, 5) is 32.7. The van der Waals surface area contributed by atoms with Crippen LogP contribution in [0.25, 0.3) is 0 Å². The molecule has 2 aliphatic rings. The summed E-state index contributed by atoms with van der Waals surface area (Å²) in [7, 11) is 3.48. The molecule has 8 nitrogen and oxygen atoms in total. The number of fused-ring (bicyclic) bond motifs is 1. The summed E-state index contributed by atoms with van der Waals surface area (Å²) >= 11 is 0. The Balaban J connectivity index is 2.03. The Bertz CT molecular complexity index is 776.